The highest BCUT2D eigenvalue weighted by molar-refractivity contribution is 6.00. The minimum absolute atomic E-state index is 0.144. The molecule has 2 heterocycles. The van der Waals surface area contributed by atoms with Gasteiger partial charge in [0.25, 0.3) is 0 Å². The van der Waals surface area contributed by atoms with Gasteiger partial charge in [-0.15, -0.1) is 0 Å². The molecule has 0 spiro atoms. The topological polar surface area (TPSA) is 70.2 Å². The summed E-state index contributed by atoms with van der Waals surface area (Å²) >= 11 is 0. The lowest BCUT2D eigenvalue weighted by molar-refractivity contribution is -0.118. The Kier molecular flexibility index (Phi) is 7.33. The van der Waals surface area contributed by atoms with Crippen molar-refractivity contribution in [2.75, 3.05) is 25.5 Å². The molecular formula is C32H35FN4O2. The van der Waals surface area contributed by atoms with Crippen LogP contribution in [0.25, 0.3) is 22.2 Å². The van der Waals surface area contributed by atoms with Crippen molar-refractivity contribution in [3.05, 3.63) is 78.1 Å². The van der Waals surface area contributed by atoms with Crippen molar-refractivity contribution in [1.82, 2.24) is 15.1 Å². The van der Waals surface area contributed by atoms with Gasteiger partial charge in [0.05, 0.1) is 17.1 Å². The van der Waals surface area contributed by atoms with Gasteiger partial charge in [-0.2, -0.15) is 5.10 Å². The zero-order chi connectivity index (χ0) is 26.8. The number of nitrogens with zero attached hydrogens (tertiary/aromatic N) is 2. The first-order valence-corrected chi connectivity index (χ1v) is 14.0. The van der Waals surface area contributed by atoms with Crippen molar-refractivity contribution in [1.29, 1.82) is 0 Å². The Bertz CT molecular complexity index is 1440. The Hall–Kier alpha value is -3.71. The molecule has 1 saturated heterocycles. The number of H-pyrrole nitrogens is 1. The Balaban J connectivity index is 1.21. The molecule has 0 radical (unpaired) electrons. The fourth-order valence-corrected chi connectivity index (χ4v) is 6.15. The van der Waals surface area contributed by atoms with Gasteiger partial charge in [0.2, 0.25) is 5.91 Å². The van der Waals surface area contributed by atoms with Crippen LogP contribution in [0.3, 0.4) is 0 Å². The molecule has 2 N–H and O–H groups in total. The number of carbonyl (C=O) groups excluding carboxylic acids is 1. The van der Waals surface area contributed by atoms with Gasteiger partial charge in [-0.05, 0) is 87.2 Å². The number of ether oxygens (including phenoxy) is 1. The number of amides is 1. The molecule has 1 saturated carbocycles. The van der Waals surface area contributed by atoms with Crippen LogP contribution in [0.5, 0.6) is 5.75 Å². The van der Waals surface area contributed by atoms with E-state index >= 15 is 0 Å². The van der Waals surface area contributed by atoms with Crippen molar-refractivity contribution in [3.8, 4) is 17.0 Å². The molecule has 1 atom stereocenters. The summed E-state index contributed by atoms with van der Waals surface area (Å²) in [5.41, 5.74) is 3.83. The number of hydrogen-bond donors (Lipinski definition) is 2. The number of halogens is 1. The first-order valence-electron chi connectivity index (χ1n) is 14.0. The van der Waals surface area contributed by atoms with E-state index in [2.05, 4.69) is 27.5 Å². The first kappa shape index (κ1) is 25.6. The van der Waals surface area contributed by atoms with Gasteiger partial charge >= 0.3 is 0 Å². The molecule has 1 amide bonds. The number of aromatic nitrogens is 2. The zero-order valence-corrected chi connectivity index (χ0v) is 22.3. The van der Waals surface area contributed by atoms with Crippen LogP contribution < -0.4 is 10.1 Å². The quantitative estimate of drug-likeness (QED) is 0.279. The molecule has 2 aliphatic rings. The van der Waals surface area contributed by atoms with E-state index in [-0.39, 0.29) is 23.7 Å². The average Bonchev–Trinajstić information content (AvgIpc) is 3.62. The number of hydrogen-bond acceptors (Lipinski definition) is 4. The van der Waals surface area contributed by atoms with Crippen LogP contribution in [0.15, 0.2) is 66.7 Å². The Morgan fingerprint density at radius 3 is 2.51 bits per heavy atom. The monoisotopic (exact) mass is 526 g/mol. The van der Waals surface area contributed by atoms with E-state index in [0.29, 0.717) is 11.3 Å². The van der Waals surface area contributed by atoms with Crippen molar-refractivity contribution in [3.63, 3.8) is 0 Å². The summed E-state index contributed by atoms with van der Waals surface area (Å²) in [6, 6.07) is 20.5. The smallest absolute Gasteiger partial charge is 0.232 e. The first-order chi connectivity index (χ1) is 19.0. The molecule has 4 aromatic rings. The van der Waals surface area contributed by atoms with Crippen LogP contribution in [0.1, 0.15) is 50.0 Å². The average molecular weight is 527 g/mol. The van der Waals surface area contributed by atoms with Crippen molar-refractivity contribution in [2.45, 2.75) is 50.5 Å². The summed E-state index contributed by atoms with van der Waals surface area (Å²) in [7, 11) is 2.15. The summed E-state index contributed by atoms with van der Waals surface area (Å²) < 4.78 is 21.0. The number of rotatable bonds is 7. The highest BCUT2D eigenvalue weighted by atomic mass is 19.1. The minimum atomic E-state index is -0.509. The van der Waals surface area contributed by atoms with E-state index in [0.717, 1.165) is 79.5 Å². The number of likely N-dealkylation sites (tertiary alicyclic amines) is 1. The lowest BCUT2D eigenvalue weighted by atomic mass is 9.83. The maximum absolute atomic E-state index is 14.8. The second-order valence-corrected chi connectivity index (χ2v) is 11.0. The molecule has 1 unspecified atom stereocenters. The minimum Gasteiger partial charge on any atom is -0.490 e. The normalized spacial score (nSPS) is 17.9. The summed E-state index contributed by atoms with van der Waals surface area (Å²) in [5.74, 6) is 0.0232. The maximum atomic E-state index is 14.8. The molecule has 2 fully saturated rings. The predicted octanol–water partition coefficient (Wildman–Crippen LogP) is 6.75. The SMILES string of the molecule is CN1CCC(Oc2ccc(-c3n[nH]c4ccc(NC(=O)C(c5ccccc5F)C5CCCC5)cc34)cc2)CC1. The van der Waals surface area contributed by atoms with Gasteiger partial charge in [-0.25, -0.2) is 4.39 Å². The molecule has 6 nitrogen and oxygen atoms in total. The summed E-state index contributed by atoms with van der Waals surface area (Å²) in [6.07, 6.45) is 6.36. The van der Waals surface area contributed by atoms with Gasteiger partial charge in [0.1, 0.15) is 17.7 Å². The van der Waals surface area contributed by atoms with E-state index in [1.165, 1.54) is 6.07 Å². The Morgan fingerprint density at radius 2 is 1.77 bits per heavy atom. The highest BCUT2D eigenvalue weighted by Gasteiger charge is 2.33. The highest BCUT2D eigenvalue weighted by Crippen LogP contribution is 2.39. The van der Waals surface area contributed by atoms with E-state index < -0.39 is 5.92 Å². The third-order valence-electron chi connectivity index (χ3n) is 8.32. The summed E-state index contributed by atoms with van der Waals surface area (Å²) in [5, 5.41) is 11.7. The molecule has 6 rings (SSSR count). The number of piperidine rings is 1. The van der Waals surface area contributed by atoms with Gasteiger partial charge in [0, 0.05) is 35.3 Å². The predicted molar refractivity (Wildman–Crippen MR) is 152 cm³/mol. The van der Waals surface area contributed by atoms with E-state index in [4.69, 9.17) is 4.74 Å². The largest absolute Gasteiger partial charge is 0.490 e. The van der Waals surface area contributed by atoms with Crippen LogP contribution in [0.2, 0.25) is 0 Å². The second-order valence-electron chi connectivity index (χ2n) is 11.0. The molecule has 7 heteroatoms. The van der Waals surface area contributed by atoms with Crippen LogP contribution in [-0.2, 0) is 4.79 Å². The van der Waals surface area contributed by atoms with Crippen LogP contribution in [0.4, 0.5) is 10.1 Å². The van der Waals surface area contributed by atoms with Crippen LogP contribution in [-0.4, -0.2) is 47.2 Å². The second kappa shape index (κ2) is 11.2. The summed E-state index contributed by atoms with van der Waals surface area (Å²) in [4.78, 5) is 15.9. The van der Waals surface area contributed by atoms with Crippen LogP contribution >= 0.6 is 0 Å². The van der Waals surface area contributed by atoms with Crippen molar-refractivity contribution in [2.24, 2.45) is 5.92 Å². The maximum Gasteiger partial charge on any atom is 0.232 e. The molecular weight excluding hydrogens is 491 g/mol. The Morgan fingerprint density at radius 1 is 1.03 bits per heavy atom. The molecule has 1 aliphatic carbocycles. The lowest BCUT2D eigenvalue weighted by Gasteiger charge is -2.29. The molecule has 1 aromatic heterocycles. The lowest BCUT2D eigenvalue weighted by Crippen LogP contribution is -2.35. The molecule has 3 aromatic carbocycles. The van der Waals surface area contributed by atoms with E-state index in [1.54, 1.807) is 12.1 Å². The molecule has 0 bridgehead atoms. The fraction of sp³-hybridized carbons (Fsp3) is 0.375. The van der Waals surface area contributed by atoms with Crippen LogP contribution in [0, 0.1) is 11.7 Å². The number of anilines is 1. The number of aromatic amines is 1. The van der Waals surface area contributed by atoms with Gasteiger partial charge in [0.15, 0.2) is 0 Å². The number of carbonyl (C=O) groups is 1. The third kappa shape index (κ3) is 5.55. The summed E-state index contributed by atoms with van der Waals surface area (Å²) in [6.45, 7) is 2.12. The van der Waals surface area contributed by atoms with Crippen molar-refractivity contribution >= 4 is 22.5 Å². The third-order valence-corrected chi connectivity index (χ3v) is 8.32. The zero-order valence-electron chi connectivity index (χ0n) is 22.3. The van der Waals surface area contributed by atoms with E-state index in [9.17, 15) is 9.18 Å². The number of fused-ring (bicyclic) bond motifs is 1. The number of nitrogens with one attached hydrogen (secondary N) is 2. The molecule has 202 valence electrons. The molecule has 39 heavy (non-hydrogen) atoms. The Labute approximate surface area is 228 Å². The van der Waals surface area contributed by atoms with Crippen molar-refractivity contribution < 1.29 is 13.9 Å². The van der Waals surface area contributed by atoms with Gasteiger partial charge in [-0.1, -0.05) is 31.0 Å². The fourth-order valence-electron chi connectivity index (χ4n) is 6.15. The van der Waals surface area contributed by atoms with Gasteiger partial charge in [-0.3, -0.25) is 9.89 Å². The standard InChI is InChI=1S/C32H35FN4O2/c1-37-18-16-25(17-19-37)39-24-13-10-22(11-14-24)31-27-20-23(12-15-29(27)35-36-31)34-32(38)30(21-6-2-3-7-21)26-8-4-5-9-28(26)33/h4-5,8-15,20-21,25,30H,2-3,6-7,16-19H2,1H3,(H,34,38)(H,35,36). The van der Waals surface area contributed by atoms with E-state index in [1.807, 2.05) is 48.5 Å². The molecule has 1 aliphatic heterocycles. The van der Waals surface area contributed by atoms with Gasteiger partial charge < -0.3 is 15.0 Å². The number of benzene rings is 3.